The Labute approximate surface area is 99.3 Å². The summed E-state index contributed by atoms with van der Waals surface area (Å²) in [6, 6.07) is 0.202. The normalized spacial score (nSPS) is 23.8. The van der Waals surface area contributed by atoms with Gasteiger partial charge in [0.2, 0.25) is 11.9 Å². The molecule has 1 amide bonds. The fraction of sp³-hybridized carbons (Fsp3) is 0.700. The number of anilines is 1. The first-order valence-electron chi connectivity index (χ1n) is 5.64. The first kappa shape index (κ1) is 11.8. The van der Waals surface area contributed by atoms with Crippen molar-refractivity contribution in [3.8, 4) is 0 Å². The molecule has 2 atom stereocenters. The molecule has 2 unspecified atom stereocenters. The molecule has 0 spiro atoms. The van der Waals surface area contributed by atoms with E-state index in [9.17, 15) is 4.79 Å². The van der Waals surface area contributed by atoms with Crippen LogP contribution in [-0.2, 0) is 16.1 Å². The number of nitrogens with zero attached hydrogens (tertiary/aromatic N) is 3. The molecule has 1 aromatic heterocycles. The number of carbonyl (C=O) groups is 1. The van der Waals surface area contributed by atoms with Crippen LogP contribution in [0.15, 0.2) is 6.33 Å². The Morgan fingerprint density at radius 3 is 3.12 bits per heavy atom. The molecule has 0 aromatic carbocycles. The van der Waals surface area contributed by atoms with E-state index < -0.39 is 0 Å². The predicted octanol–water partition coefficient (Wildman–Crippen LogP) is -0.456. The largest absolute Gasteiger partial charge is 0.381 e. The highest BCUT2D eigenvalue weighted by Crippen LogP contribution is 2.21. The van der Waals surface area contributed by atoms with Crippen molar-refractivity contribution >= 4 is 11.9 Å². The van der Waals surface area contributed by atoms with Crippen LogP contribution in [-0.4, -0.2) is 39.9 Å². The van der Waals surface area contributed by atoms with Crippen LogP contribution in [0, 0.1) is 0 Å². The fourth-order valence-electron chi connectivity index (χ4n) is 2.09. The zero-order chi connectivity index (χ0) is 12.3. The third kappa shape index (κ3) is 3.16. The van der Waals surface area contributed by atoms with E-state index in [0.29, 0.717) is 0 Å². The quantitative estimate of drug-likeness (QED) is 0.741. The molecule has 1 aliphatic carbocycles. The predicted molar refractivity (Wildman–Crippen MR) is 61.0 cm³/mol. The minimum Gasteiger partial charge on any atom is -0.381 e. The van der Waals surface area contributed by atoms with Gasteiger partial charge in [0.05, 0.1) is 6.10 Å². The zero-order valence-electron chi connectivity index (χ0n) is 9.80. The maximum Gasteiger partial charge on any atom is 0.242 e. The Hall–Kier alpha value is -1.63. The zero-order valence-corrected chi connectivity index (χ0v) is 9.80. The van der Waals surface area contributed by atoms with Gasteiger partial charge in [-0.25, -0.2) is 9.67 Å². The minimum atomic E-state index is -0.0725. The van der Waals surface area contributed by atoms with Crippen LogP contribution in [0.5, 0.6) is 0 Å². The standard InChI is InChI=1S/C10H17N5O2/c1-17-8-3-2-7(4-8)13-9(16)5-15-6-12-10(11)14-15/h6-8H,2-5H2,1H3,(H2,11,14)(H,13,16). The summed E-state index contributed by atoms with van der Waals surface area (Å²) in [4.78, 5) is 15.4. The molecule has 0 aliphatic heterocycles. The third-order valence-electron chi connectivity index (χ3n) is 2.94. The maximum atomic E-state index is 11.7. The molecular weight excluding hydrogens is 222 g/mol. The summed E-state index contributed by atoms with van der Waals surface area (Å²) in [5, 5.41) is 6.81. The number of amides is 1. The van der Waals surface area contributed by atoms with E-state index in [-0.39, 0.29) is 30.5 Å². The van der Waals surface area contributed by atoms with Crippen molar-refractivity contribution in [2.45, 2.75) is 38.0 Å². The van der Waals surface area contributed by atoms with Crippen LogP contribution in [0.3, 0.4) is 0 Å². The van der Waals surface area contributed by atoms with Gasteiger partial charge in [0.1, 0.15) is 12.9 Å². The van der Waals surface area contributed by atoms with E-state index in [4.69, 9.17) is 10.5 Å². The van der Waals surface area contributed by atoms with Crippen LogP contribution in [0.1, 0.15) is 19.3 Å². The van der Waals surface area contributed by atoms with Crippen LogP contribution in [0.2, 0.25) is 0 Å². The van der Waals surface area contributed by atoms with E-state index in [1.54, 1.807) is 7.11 Å². The Kier molecular flexibility index (Phi) is 3.58. The topological polar surface area (TPSA) is 95.1 Å². The number of rotatable bonds is 4. The number of nitrogens with two attached hydrogens (primary N) is 1. The summed E-state index contributed by atoms with van der Waals surface area (Å²) < 4.78 is 6.67. The lowest BCUT2D eigenvalue weighted by molar-refractivity contribution is -0.122. The molecule has 7 nitrogen and oxygen atoms in total. The van der Waals surface area contributed by atoms with Crippen molar-refractivity contribution in [3.05, 3.63) is 6.33 Å². The number of carbonyl (C=O) groups excluding carboxylic acids is 1. The molecule has 1 heterocycles. The second kappa shape index (κ2) is 5.13. The highest BCUT2D eigenvalue weighted by Gasteiger charge is 2.25. The van der Waals surface area contributed by atoms with Crippen molar-refractivity contribution < 1.29 is 9.53 Å². The lowest BCUT2D eigenvalue weighted by atomic mass is 10.2. The molecule has 1 saturated carbocycles. The summed E-state index contributed by atoms with van der Waals surface area (Å²) >= 11 is 0. The van der Waals surface area contributed by atoms with Crippen LogP contribution >= 0.6 is 0 Å². The molecule has 0 bridgehead atoms. The molecular formula is C10H17N5O2. The Morgan fingerprint density at radius 2 is 2.53 bits per heavy atom. The maximum absolute atomic E-state index is 11.7. The smallest absolute Gasteiger partial charge is 0.242 e. The SMILES string of the molecule is COC1CCC(NC(=O)Cn2cnc(N)n2)C1. The number of hydrogen-bond acceptors (Lipinski definition) is 5. The van der Waals surface area contributed by atoms with Gasteiger partial charge in [-0.1, -0.05) is 0 Å². The van der Waals surface area contributed by atoms with Gasteiger partial charge in [-0.05, 0) is 19.3 Å². The van der Waals surface area contributed by atoms with Gasteiger partial charge in [-0.3, -0.25) is 4.79 Å². The number of hydrogen-bond donors (Lipinski definition) is 2. The van der Waals surface area contributed by atoms with E-state index in [1.165, 1.54) is 11.0 Å². The second-order valence-corrected chi connectivity index (χ2v) is 4.24. The van der Waals surface area contributed by atoms with E-state index >= 15 is 0 Å². The first-order valence-corrected chi connectivity index (χ1v) is 5.64. The van der Waals surface area contributed by atoms with Crippen molar-refractivity contribution in [1.82, 2.24) is 20.1 Å². The minimum absolute atomic E-state index is 0.0725. The van der Waals surface area contributed by atoms with Crippen molar-refractivity contribution in [1.29, 1.82) is 0 Å². The molecule has 1 aromatic rings. The summed E-state index contributed by atoms with van der Waals surface area (Å²) in [6.45, 7) is 0.151. The molecule has 1 aliphatic rings. The Bertz CT molecular complexity index is 392. The van der Waals surface area contributed by atoms with Gasteiger partial charge in [0.25, 0.3) is 0 Å². The molecule has 94 valence electrons. The lowest BCUT2D eigenvalue weighted by Gasteiger charge is -2.12. The van der Waals surface area contributed by atoms with Crippen LogP contribution in [0.25, 0.3) is 0 Å². The molecule has 0 radical (unpaired) electrons. The summed E-state index contributed by atoms with van der Waals surface area (Å²) in [5.74, 6) is 0.106. The first-order chi connectivity index (χ1) is 8.17. The molecule has 1 fully saturated rings. The van der Waals surface area contributed by atoms with E-state index in [0.717, 1.165) is 19.3 Å². The number of nitrogen functional groups attached to an aromatic ring is 1. The molecule has 17 heavy (non-hydrogen) atoms. The van der Waals surface area contributed by atoms with Gasteiger partial charge in [-0.2, -0.15) is 0 Å². The van der Waals surface area contributed by atoms with E-state index in [1.807, 2.05) is 0 Å². The van der Waals surface area contributed by atoms with Crippen LogP contribution < -0.4 is 11.1 Å². The summed E-state index contributed by atoms with van der Waals surface area (Å²) in [7, 11) is 1.70. The van der Waals surface area contributed by atoms with Crippen molar-refractivity contribution in [2.75, 3.05) is 12.8 Å². The summed E-state index contributed by atoms with van der Waals surface area (Å²) in [5.41, 5.74) is 5.36. The monoisotopic (exact) mass is 239 g/mol. The third-order valence-corrected chi connectivity index (χ3v) is 2.94. The van der Waals surface area contributed by atoms with Gasteiger partial charge < -0.3 is 15.8 Å². The van der Waals surface area contributed by atoms with Gasteiger partial charge in [0.15, 0.2) is 0 Å². The van der Waals surface area contributed by atoms with Gasteiger partial charge in [-0.15, -0.1) is 5.10 Å². The van der Waals surface area contributed by atoms with Gasteiger partial charge >= 0.3 is 0 Å². The number of nitrogens with one attached hydrogen (secondary N) is 1. The second-order valence-electron chi connectivity index (χ2n) is 4.24. The van der Waals surface area contributed by atoms with Crippen molar-refractivity contribution in [2.24, 2.45) is 0 Å². The number of aromatic nitrogens is 3. The van der Waals surface area contributed by atoms with E-state index in [2.05, 4.69) is 15.4 Å². The molecule has 2 rings (SSSR count). The van der Waals surface area contributed by atoms with Crippen LogP contribution in [0.4, 0.5) is 5.95 Å². The average Bonchev–Trinajstić information content (AvgIpc) is 2.88. The highest BCUT2D eigenvalue weighted by molar-refractivity contribution is 5.76. The summed E-state index contributed by atoms with van der Waals surface area (Å²) in [6.07, 6.45) is 4.55. The number of methoxy groups -OCH3 is 1. The molecule has 0 saturated heterocycles. The molecule has 3 N–H and O–H groups in total. The van der Waals surface area contributed by atoms with Crippen molar-refractivity contribution in [3.63, 3.8) is 0 Å². The fourth-order valence-corrected chi connectivity index (χ4v) is 2.09. The average molecular weight is 239 g/mol. The molecule has 7 heteroatoms. The highest BCUT2D eigenvalue weighted by atomic mass is 16.5. The van der Waals surface area contributed by atoms with Gasteiger partial charge in [0, 0.05) is 13.2 Å². The lowest BCUT2D eigenvalue weighted by Crippen LogP contribution is -2.35. The number of ether oxygens (including phenoxy) is 1. The Morgan fingerprint density at radius 1 is 1.71 bits per heavy atom. The Balaban J connectivity index is 1.78.